The number of amides is 1. The lowest BCUT2D eigenvalue weighted by Gasteiger charge is -2.28. The van der Waals surface area contributed by atoms with Crippen LogP contribution < -0.4 is 0 Å². The molecule has 2 aromatic carbocycles. The average molecular weight is 319 g/mol. The number of carbonyl (C=O) groups is 1. The number of nitrogens with zero attached hydrogens (tertiary/aromatic N) is 1. The number of benzene rings is 2. The molecule has 0 aliphatic rings. The first-order chi connectivity index (χ1) is 11.0. The Kier molecular flexibility index (Phi) is 5.45. The summed E-state index contributed by atoms with van der Waals surface area (Å²) < 4.78 is 27.7. The van der Waals surface area contributed by atoms with Crippen molar-refractivity contribution in [2.45, 2.75) is 19.4 Å². The Hall–Kier alpha value is -2.27. The molecule has 122 valence electrons. The van der Waals surface area contributed by atoms with Crippen molar-refractivity contribution >= 4 is 5.91 Å². The molecule has 0 spiro atoms. The van der Waals surface area contributed by atoms with E-state index in [1.807, 2.05) is 30.3 Å². The number of carbonyl (C=O) groups excluding carboxylic acids is 1. The zero-order valence-corrected chi connectivity index (χ0v) is 13.1. The van der Waals surface area contributed by atoms with Crippen molar-refractivity contribution in [3.63, 3.8) is 0 Å². The first kappa shape index (κ1) is 17.1. The van der Waals surface area contributed by atoms with Crippen LogP contribution in [0.2, 0.25) is 0 Å². The third-order valence-corrected chi connectivity index (χ3v) is 3.85. The lowest BCUT2D eigenvalue weighted by molar-refractivity contribution is 0.0700. The molecule has 2 aromatic rings. The number of halogens is 2. The number of aryl methyl sites for hydroxylation is 1. The monoisotopic (exact) mass is 319 g/mol. The Balaban J connectivity index is 2.35. The van der Waals surface area contributed by atoms with Crippen LogP contribution in [0.25, 0.3) is 0 Å². The molecular weight excluding hydrogens is 300 g/mol. The molecule has 5 heteroatoms. The molecule has 0 saturated carbocycles. The van der Waals surface area contributed by atoms with Crippen molar-refractivity contribution in [2.75, 3.05) is 13.7 Å². The molecule has 0 fully saturated rings. The number of hydrogen-bond acceptors (Lipinski definition) is 2. The average Bonchev–Trinajstić information content (AvgIpc) is 2.55. The van der Waals surface area contributed by atoms with E-state index < -0.39 is 23.6 Å². The minimum Gasteiger partial charge on any atom is -0.396 e. The molecule has 1 unspecified atom stereocenters. The highest BCUT2D eigenvalue weighted by Gasteiger charge is 2.25. The van der Waals surface area contributed by atoms with Gasteiger partial charge in [-0.1, -0.05) is 30.3 Å². The highest BCUT2D eigenvalue weighted by Crippen LogP contribution is 2.25. The van der Waals surface area contributed by atoms with Gasteiger partial charge in [-0.2, -0.15) is 0 Å². The Labute approximate surface area is 134 Å². The maximum atomic E-state index is 14.0. The minimum atomic E-state index is -0.753. The molecule has 2 rings (SSSR count). The molecule has 0 saturated heterocycles. The predicted octanol–water partition coefficient (Wildman–Crippen LogP) is 3.47. The van der Waals surface area contributed by atoms with Crippen LogP contribution in [0.4, 0.5) is 8.78 Å². The first-order valence-electron chi connectivity index (χ1n) is 7.34. The Bertz CT molecular complexity index is 689. The highest BCUT2D eigenvalue weighted by atomic mass is 19.1. The van der Waals surface area contributed by atoms with Crippen LogP contribution in [0.15, 0.2) is 42.5 Å². The smallest absolute Gasteiger partial charge is 0.257 e. The quantitative estimate of drug-likeness (QED) is 0.917. The third-order valence-electron chi connectivity index (χ3n) is 3.85. The zero-order valence-electron chi connectivity index (χ0n) is 13.1. The van der Waals surface area contributed by atoms with E-state index in [2.05, 4.69) is 0 Å². The van der Waals surface area contributed by atoms with Crippen LogP contribution in [0.1, 0.15) is 33.9 Å². The first-order valence-corrected chi connectivity index (χ1v) is 7.34. The molecule has 23 heavy (non-hydrogen) atoms. The second-order valence-electron chi connectivity index (χ2n) is 5.44. The number of aliphatic hydroxyl groups excluding tert-OH is 1. The minimum absolute atomic E-state index is 0.123. The molecule has 1 amide bonds. The summed E-state index contributed by atoms with van der Waals surface area (Å²) in [5.74, 6) is -2.00. The van der Waals surface area contributed by atoms with Crippen molar-refractivity contribution in [1.82, 2.24) is 4.90 Å². The van der Waals surface area contributed by atoms with Gasteiger partial charge in [-0.15, -0.1) is 0 Å². The van der Waals surface area contributed by atoms with Gasteiger partial charge in [0.05, 0.1) is 11.6 Å². The summed E-state index contributed by atoms with van der Waals surface area (Å²) in [7, 11) is 1.52. The molecular formula is C18H19F2NO2. The second-order valence-corrected chi connectivity index (χ2v) is 5.44. The SMILES string of the molecule is Cc1cc(F)c(C(=O)N(C)C(CCO)c2ccccc2)cc1F. The Morgan fingerprint density at radius 1 is 1.17 bits per heavy atom. The molecule has 0 aliphatic carbocycles. The number of hydrogen-bond donors (Lipinski definition) is 1. The van der Waals surface area contributed by atoms with Gasteiger partial charge in [0.1, 0.15) is 11.6 Å². The van der Waals surface area contributed by atoms with Gasteiger partial charge in [-0.3, -0.25) is 4.79 Å². The predicted molar refractivity (Wildman–Crippen MR) is 84.1 cm³/mol. The summed E-state index contributed by atoms with van der Waals surface area (Å²) >= 11 is 0. The fourth-order valence-corrected chi connectivity index (χ4v) is 2.52. The van der Waals surface area contributed by atoms with Crippen LogP contribution in [-0.2, 0) is 0 Å². The molecule has 1 atom stereocenters. The number of aliphatic hydroxyl groups is 1. The summed E-state index contributed by atoms with van der Waals surface area (Å²) in [6, 6.07) is 10.7. The van der Waals surface area contributed by atoms with Gasteiger partial charge in [-0.05, 0) is 36.6 Å². The lowest BCUT2D eigenvalue weighted by Crippen LogP contribution is -2.32. The molecule has 0 heterocycles. The van der Waals surface area contributed by atoms with E-state index >= 15 is 0 Å². The fraction of sp³-hybridized carbons (Fsp3) is 0.278. The summed E-state index contributed by atoms with van der Waals surface area (Å²) in [6.45, 7) is 1.32. The van der Waals surface area contributed by atoms with Gasteiger partial charge in [0, 0.05) is 13.7 Å². The molecule has 0 radical (unpaired) electrons. The maximum Gasteiger partial charge on any atom is 0.257 e. The summed E-state index contributed by atoms with van der Waals surface area (Å²) in [6.07, 6.45) is 0.308. The fourth-order valence-electron chi connectivity index (χ4n) is 2.52. The van der Waals surface area contributed by atoms with Crippen molar-refractivity contribution in [1.29, 1.82) is 0 Å². The van der Waals surface area contributed by atoms with Crippen LogP contribution in [0.3, 0.4) is 0 Å². The van der Waals surface area contributed by atoms with Crippen LogP contribution in [-0.4, -0.2) is 29.6 Å². The van der Waals surface area contributed by atoms with Crippen LogP contribution >= 0.6 is 0 Å². The van der Waals surface area contributed by atoms with Gasteiger partial charge < -0.3 is 10.0 Å². The van der Waals surface area contributed by atoms with E-state index in [-0.39, 0.29) is 17.7 Å². The standard InChI is InChI=1S/C18H19F2NO2/c1-12-10-16(20)14(11-15(12)19)18(23)21(2)17(8-9-22)13-6-4-3-5-7-13/h3-7,10-11,17,22H,8-9H2,1-2H3. The van der Waals surface area contributed by atoms with Crippen LogP contribution in [0.5, 0.6) is 0 Å². The Morgan fingerprint density at radius 3 is 2.43 bits per heavy atom. The van der Waals surface area contributed by atoms with Gasteiger partial charge in [0.2, 0.25) is 0 Å². The summed E-state index contributed by atoms with van der Waals surface area (Å²) in [5, 5.41) is 9.26. The van der Waals surface area contributed by atoms with E-state index in [1.54, 1.807) is 0 Å². The molecule has 0 bridgehead atoms. The van der Waals surface area contributed by atoms with E-state index in [1.165, 1.54) is 18.9 Å². The van der Waals surface area contributed by atoms with E-state index in [0.29, 0.717) is 6.42 Å². The van der Waals surface area contributed by atoms with Gasteiger partial charge in [0.25, 0.3) is 5.91 Å². The van der Waals surface area contributed by atoms with Crippen LogP contribution in [0, 0.1) is 18.6 Å². The largest absolute Gasteiger partial charge is 0.396 e. The molecule has 1 N–H and O–H groups in total. The third kappa shape index (κ3) is 3.74. The van der Waals surface area contributed by atoms with E-state index in [9.17, 15) is 18.7 Å². The maximum absolute atomic E-state index is 14.0. The Morgan fingerprint density at radius 2 is 1.83 bits per heavy atom. The highest BCUT2D eigenvalue weighted by molar-refractivity contribution is 5.94. The molecule has 3 nitrogen and oxygen atoms in total. The zero-order chi connectivity index (χ0) is 17.0. The summed E-state index contributed by atoms with van der Waals surface area (Å²) in [4.78, 5) is 13.9. The van der Waals surface area contributed by atoms with Crippen molar-refractivity contribution < 1.29 is 18.7 Å². The van der Waals surface area contributed by atoms with Gasteiger partial charge in [-0.25, -0.2) is 8.78 Å². The van der Waals surface area contributed by atoms with Crippen molar-refractivity contribution in [2.24, 2.45) is 0 Å². The summed E-state index contributed by atoms with van der Waals surface area (Å²) in [5.41, 5.74) is 0.663. The van der Waals surface area contributed by atoms with Gasteiger partial charge >= 0.3 is 0 Å². The normalized spacial score (nSPS) is 12.0. The van der Waals surface area contributed by atoms with Gasteiger partial charge in [0.15, 0.2) is 0 Å². The number of rotatable bonds is 5. The van der Waals surface area contributed by atoms with E-state index in [4.69, 9.17) is 0 Å². The molecule has 0 aromatic heterocycles. The van der Waals surface area contributed by atoms with E-state index in [0.717, 1.165) is 17.7 Å². The second kappa shape index (κ2) is 7.33. The van der Waals surface area contributed by atoms with Crippen molar-refractivity contribution in [3.8, 4) is 0 Å². The van der Waals surface area contributed by atoms with Crippen molar-refractivity contribution in [3.05, 3.63) is 70.8 Å². The molecule has 0 aliphatic heterocycles. The topological polar surface area (TPSA) is 40.5 Å². The lowest BCUT2D eigenvalue weighted by atomic mass is 10.0.